The number of halogens is 3. The lowest BCUT2D eigenvalue weighted by Crippen LogP contribution is -2.09. The van der Waals surface area contributed by atoms with Crippen LogP contribution in [0.4, 0.5) is 13.2 Å². The zero-order valence-electron chi connectivity index (χ0n) is 9.91. The lowest BCUT2D eigenvalue weighted by Gasteiger charge is -2.13. The van der Waals surface area contributed by atoms with E-state index >= 15 is 0 Å². The van der Waals surface area contributed by atoms with Crippen LogP contribution in [-0.2, 0) is 19.3 Å². The minimum atomic E-state index is -4.44. The van der Waals surface area contributed by atoms with E-state index < -0.39 is 11.7 Å². The first kappa shape index (κ1) is 13.5. The number of alkyl halides is 3. The molecule has 0 spiro atoms. The van der Waals surface area contributed by atoms with Crippen LogP contribution in [0.25, 0.3) is 0 Å². The molecule has 102 valence electrons. The molecule has 0 radical (unpaired) electrons. The van der Waals surface area contributed by atoms with Gasteiger partial charge < -0.3 is 14.9 Å². The average Bonchev–Trinajstić information content (AvgIpc) is 2.83. The monoisotopic (exact) mass is 271 g/mol. The van der Waals surface area contributed by atoms with Crippen molar-refractivity contribution in [1.29, 1.82) is 0 Å². The van der Waals surface area contributed by atoms with Gasteiger partial charge in [-0.1, -0.05) is 12.1 Å². The first-order valence-electron chi connectivity index (χ1n) is 5.56. The predicted octanol–water partition coefficient (Wildman–Crippen LogP) is 3.34. The molecule has 1 aromatic carbocycles. The van der Waals surface area contributed by atoms with Crippen LogP contribution in [0.5, 0.6) is 5.75 Å². The Bertz CT molecular complexity index is 549. The van der Waals surface area contributed by atoms with Gasteiger partial charge in [0.1, 0.15) is 18.1 Å². The molecule has 0 bridgehead atoms. The fourth-order valence-corrected chi connectivity index (χ4v) is 1.66. The SMILES string of the molecule is NCc1occc1COc1ccccc1C(F)(F)F. The van der Waals surface area contributed by atoms with E-state index in [2.05, 4.69) is 0 Å². The van der Waals surface area contributed by atoms with Gasteiger partial charge in [-0.2, -0.15) is 13.2 Å². The van der Waals surface area contributed by atoms with Gasteiger partial charge in [0.25, 0.3) is 0 Å². The summed E-state index contributed by atoms with van der Waals surface area (Å²) < 4.78 is 48.5. The molecule has 1 aromatic heterocycles. The van der Waals surface area contributed by atoms with E-state index in [0.717, 1.165) is 6.07 Å². The Morgan fingerprint density at radius 3 is 2.58 bits per heavy atom. The van der Waals surface area contributed by atoms with E-state index in [0.29, 0.717) is 11.3 Å². The van der Waals surface area contributed by atoms with E-state index in [9.17, 15) is 13.2 Å². The van der Waals surface area contributed by atoms with Crippen LogP contribution in [-0.4, -0.2) is 0 Å². The Kier molecular flexibility index (Phi) is 3.80. The van der Waals surface area contributed by atoms with Crippen LogP contribution in [0.3, 0.4) is 0 Å². The zero-order chi connectivity index (χ0) is 13.9. The largest absolute Gasteiger partial charge is 0.488 e. The van der Waals surface area contributed by atoms with Gasteiger partial charge >= 0.3 is 6.18 Å². The molecule has 2 N–H and O–H groups in total. The van der Waals surface area contributed by atoms with E-state index in [1.807, 2.05) is 0 Å². The zero-order valence-corrected chi connectivity index (χ0v) is 9.91. The van der Waals surface area contributed by atoms with E-state index in [-0.39, 0.29) is 18.9 Å². The normalized spacial score (nSPS) is 11.6. The first-order valence-corrected chi connectivity index (χ1v) is 5.56. The molecule has 0 amide bonds. The highest BCUT2D eigenvalue weighted by atomic mass is 19.4. The van der Waals surface area contributed by atoms with Gasteiger partial charge in [-0.05, 0) is 18.2 Å². The van der Waals surface area contributed by atoms with Crippen LogP contribution in [0.15, 0.2) is 41.0 Å². The number of hydrogen-bond acceptors (Lipinski definition) is 3. The molecule has 0 saturated carbocycles. The highest BCUT2D eigenvalue weighted by Gasteiger charge is 2.34. The third-order valence-electron chi connectivity index (χ3n) is 2.60. The Morgan fingerprint density at radius 2 is 1.89 bits per heavy atom. The molecule has 2 aromatic rings. The maximum Gasteiger partial charge on any atom is 0.419 e. The second kappa shape index (κ2) is 5.36. The molecule has 1 heterocycles. The van der Waals surface area contributed by atoms with Gasteiger partial charge in [0.2, 0.25) is 0 Å². The Balaban J connectivity index is 2.16. The van der Waals surface area contributed by atoms with Gasteiger partial charge in [0, 0.05) is 5.56 Å². The summed E-state index contributed by atoms with van der Waals surface area (Å²) in [4.78, 5) is 0. The summed E-state index contributed by atoms with van der Waals surface area (Å²) in [5, 5.41) is 0. The van der Waals surface area contributed by atoms with Gasteiger partial charge in [-0.15, -0.1) is 0 Å². The molecule has 0 aliphatic carbocycles. The molecule has 0 aliphatic rings. The van der Waals surface area contributed by atoms with Crippen molar-refractivity contribution in [2.45, 2.75) is 19.3 Å². The molecular weight excluding hydrogens is 259 g/mol. The highest BCUT2D eigenvalue weighted by molar-refractivity contribution is 5.35. The van der Waals surface area contributed by atoms with Crippen molar-refractivity contribution in [3.8, 4) is 5.75 Å². The summed E-state index contributed by atoms with van der Waals surface area (Å²) in [6.07, 6.45) is -3.01. The van der Waals surface area contributed by atoms with Crippen LogP contribution >= 0.6 is 0 Å². The summed E-state index contributed by atoms with van der Waals surface area (Å²) in [5.41, 5.74) is 5.27. The molecule has 0 atom stereocenters. The van der Waals surface area contributed by atoms with Crippen LogP contribution in [0.1, 0.15) is 16.9 Å². The van der Waals surface area contributed by atoms with Crippen molar-refractivity contribution >= 4 is 0 Å². The van der Waals surface area contributed by atoms with Gasteiger partial charge in [-0.25, -0.2) is 0 Å². The second-order valence-corrected chi connectivity index (χ2v) is 3.86. The molecule has 0 fully saturated rings. The first-order chi connectivity index (χ1) is 9.02. The number of para-hydroxylation sites is 1. The highest BCUT2D eigenvalue weighted by Crippen LogP contribution is 2.36. The fraction of sp³-hybridized carbons (Fsp3) is 0.231. The summed E-state index contributed by atoms with van der Waals surface area (Å²) in [6, 6.07) is 6.70. The number of rotatable bonds is 4. The van der Waals surface area contributed by atoms with Gasteiger partial charge in [0.15, 0.2) is 0 Å². The molecular formula is C13H12F3NO2. The van der Waals surface area contributed by atoms with Crippen molar-refractivity contribution in [3.05, 3.63) is 53.5 Å². The molecule has 2 rings (SSSR count). The van der Waals surface area contributed by atoms with Gasteiger partial charge in [-0.3, -0.25) is 0 Å². The maximum absolute atomic E-state index is 12.7. The van der Waals surface area contributed by atoms with Gasteiger partial charge in [0.05, 0.1) is 18.4 Å². The minimum Gasteiger partial charge on any atom is -0.488 e. The lowest BCUT2D eigenvalue weighted by atomic mass is 10.2. The minimum absolute atomic E-state index is 0.0177. The van der Waals surface area contributed by atoms with Crippen molar-refractivity contribution in [2.75, 3.05) is 0 Å². The van der Waals surface area contributed by atoms with Crippen molar-refractivity contribution in [1.82, 2.24) is 0 Å². The number of ether oxygens (including phenoxy) is 1. The summed E-state index contributed by atoms with van der Waals surface area (Å²) >= 11 is 0. The number of nitrogens with two attached hydrogens (primary N) is 1. The molecule has 0 saturated heterocycles. The average molecular weight is 271 g/mol. The maximum atomic E-state index is 12.7. The van der Waals surface area contributed by atoms with E-state index in [1.165, 1.54) is 24.5 Å². The van der Waals surface area contributed by atoms with Crippen molar-refractivity contribution in [3.63, 3.8) is 0 Å². The third kappa shape index (κ3) is 3.08. The molecule has 0 unspecified atom stereocenters. The van der Waals surface area contributed by atoms with E-state index in [1.54, 1.807) is 6.07 Å². The lowest BCUT2D eigenvalue weighted by molar-refractivity contribution is -0.139. The molecule has 19 heavy (non-hydrogen) atoms. The van der Waals surface area contributed by atoms with Crippen LogP contribution < -0.4 is 10.5 Å². The Labute approximate surface area is 107 Å². The van der Waals surface area contributed by atoms with Crippen LogP contribution in [0.2, 0.25) is 0 Å². The van der Waals surface area contributed by atoms with Crippen LogP contribution in [0, 0.1) is 0 Å². The predicted molar refractivity (Wildman–Crippen MR) is 62.4 cm³/mol. The fourth-order valence-electron chi connectivity index (χ4n) is 1.66. The van der Waals surface area contributed by atoms with Crippen molar-refractivity contribution in [2.24, 2.45) is 5.73 Å². The molecule has 3 nitrogen and oxygen atoms in total. The number of benzene rings is 1. The summed E-state index contributed by atoms with van der Waals surface area (Å²) in [7, 11) is 0. The Hall–Kier alpha value is -1.95. The standard InChI is InChI=1S/C13H12F3NO2/c14-13(15,16)10-3-1-2-4-11(10)19-8-9-5-6-18-12(9)7-17/h1-6H,7-8,17H2. The topological polar surface area (TPSA) is 48.4 Å². The number of hydrogen-bond donors (Lipinski definition) is 1. The third-order valence-corrected chi connectivity index (χ3v) is 2.60. The summed E-state index contributed by atoms with van der Waals surface area (Å²) in [5.74, 6) is 0.295. The summed E-state index contributed by atoms with van der Waals surface area (Å²) in [6.45, 7) is 0.155. The second-order valence-electron chi connectivity index (χ2n) is 3.86. The van der Waals surface area contributed by atoms with Crippen molar-refractivity contribution < 1.29 is 22.3 Å². The molecule has 6 heteroatoms. The quantitative estimate of drug-likeness (QED) is 0.927. The Morgan fingerprint density at radius 1 is 1.16 bits per heavy atom. The smallest absolute Gasteiger partial charge is 0.419 e. The molecule has 0 aliphatic heterocycles. The van der Waals surface area contributed by atoms with E-state index in [4.69, 9.17) is 14.9 Å². The number of furan rings is 1.